The molecular weight excluding hydrogens is 442 g/mol. The zero-order valence-corrected chi connectivity index (χ0v) is 18.8. The van der Waals surface area contributed by atoms with Crippen LogP contribution < -0.4 is 4.74 Å². The number of carbonyl (C=O) groups excluding carboxylic acids is 3. The Balaban J connectivity index is 1.45. The molecule has 2 amide bonds. The summed E-state index contributed by atoms with van der Waals surface area (Å²) in [6.45, 7) is 2.24. The van der Waals surface area contributed by atoms with Gasteiger partial charge >= 0.3 is 5.91 Å². The highest BCUT2D eigenvalue weighted by Gasteiger charge is 2.30. The van der Waals surface area contributed by atoms with Crippen LogP contribution in [0.25, 0.3) is 11.3 Å². The van der Waals surface area contributed by atoms with Crippen molar-refractivity contribution in [1.29, 1.82) is 0 Å². The van der Waals surface area contributed by atoms with Gasteiger partial charge < -0.3 is 9.26 Å². The highest BCUT2D eigenvalue weighted by Crippen LogP contribution is 2.27. The standard InChI is InChI=1S/C21H20ClN3O5S/c1-12-16(18(24-30-12)13-2-5-15(22)6-3-13)11-29-17-7-4-14(10-23-17)19(26)25-8-9-31-21(28)20(25)27/h2-7,10H,8-9,11H2,1H3,31H4. The molecule has 1 fully saturated rings. The molecule has 162 valence electrons. The van der Waals surface area contributed by atoms with Crippen LogP contribution in [0.3, 0.4) is 0 Å². The molecule has 1 aromatic carbocycles. The fourth-order valence-electron chi connectivity index (χ4n) is 3.24. The SMILES string of the molecule is Cc1onc(-c2ccc(Cl)cc2)c1COc1ccc(C(=O)N2CC[SH4]C(=O)C2=O)cn1. The van der Waals surface area contributed by atoms with E-state index in [0.29, 0.717) is 28.1 Å². The van der Waals surface area contributed by atoms with E-state index in [2.05, 4.69) is 10.1 Å². The van der Waals surface area contributed by atoms with Crippen LogP contribution in [0, 0.1) is 6.92 Å². The molecule has 3 heterocycles. The first-order valence-electron chi connectivity index (χ1n) is 9.63. The number of hydrogen-bond donors (Lipinski definition) is 0. The lowest BCUT2D eigenvalue weighted by Crippen LogP contribution is -2.45. The van der Waals surface area contributed by atoms with E-state index in [1.54, 1.807) is 25.1 Å². The van der Waals surface area contributed by atoms with Crippen molar-refractivity contribution in [2.75, 3.05) is 12.3 Å². The second-order valence-corrected chi connectivity index (χ2v) is 9.32. The average Bonchev–Trinajstić information content (AvgIpc) is 3.15. The molecule has 1 aliphatic rings. The Labute approximate surface area is 186 Å². The molecule has 1 saturated heterocycles. The van der Waals surface area contributed by atoms with E-state index in [-0.39, 0.29) is 18.7 Å². The van der Waals surface area contributed by atoms with E-state index in [4.69, 9.17) is 20.9 Å². The van der Waals surface area contributed by atoms with Gasteiger partial charge in [-0.1, -0.05) is 28.9 Å². The van der Waals surface area contributed by atoms with Crippen molar-refractivity contribution in [3.63, 3.8) is 0 Å². The van der Waals surface area contributed by atoms with Crippen molar-refractivity contribution >= 4 is 40.3 Å². The van der Waals surface area contributed by atoms with E-state index in [9.17, 15) is 14.4 Å². The van der Waals surface area contributed by atoms with Gasteiger partial charge in [-0.05, 0) is 30.9 Å². The maximum Gasteiger partial charge on any atom is 0.304 e. The van der Waals surface area contributed by atoms with Crippen LogP contribution in [-0.4, -0.2) is 44.3 Å². The summed E-state index contributed by atoms with van der Waals surface area (Å²) in [4.78, 5) is 41.3. The maximum absolute atomic E-state index is 12.5. The summed E-state index contributed by atoms with van der Waals surface area (Å²) < 4.78 is 11.1. The second-order valence-electron chi connectivity index (χ2n) is 7.04. The van der Waals surface area contributed by atoms with Gasteiger partial charge in [-0.2, -0.15) is 0 Å². The monoisotopic (exact) mass is 461 g/mol. The summed E-state index contributed by atoms with van der Waals surface area (Å²) in [5.74, 6) is 0.298. The first kappa shape index (κ1) is 21.1. The Hall–Kier alpha value is -3.17. The van der Waals surface area contributed by atoms with Gasteiger partial charge in [0.05, 0.1) is 11.1 Å². The van der Waals surface area contributed by atoms with Crippen LogP contribution in [0.1, 0.15) is 21.7 Å². The fraction of sp³-hybridized carbons (Fsp3) is 0.190. The average molecular weight is 462 g/mol. The minimum Gasteiger partial charge on any atom is -0.473 e. The number of amides is 2. The van der Waals surface area contributed by atoms with Crippen molar-refractivity contribution in [2.24, 2.45) is 0 Å². The highest BCUT2D eigenvalue weighted by atomic mass is 35.5. The molecule has 8 nitrogen and oxygen atoms in total. The fourth-order valence-corrected chi connectivity index (χ4v) is 4.57. The van der Waals surface area contributed by atoms with E-state index >= 15 is 0 Å². The zero-order valence-electron chi connectivity index (χ0n) is 16.6. The third-order valence-corrected chi connectivity index (χ3v) is 6.64. The summed E-state index contributed by atoms with van der Waals surface area (Å²) in [6.07, 6.45) is 1.34. The number of imide groups is 1. The number of ether oxygens (including phenoxy) is 1. The molecule has 4 rings (SSSR count). The molecule has 0 spiro atoms. The molecule has 0 unspecified atom stereocenters. The summed E-state index contributed by atoms with van der Waals surface area (Å²) in [6, 6.07) is 10.3. The molecule has 0 aliphatic carbocycles. The Morgan fingerprint density at radius 2 is 2.00 bits per heavy atom. The van der Waals surface area contributed by atoms with Gasteiger partial charge in [0, 0.05) is 29.4 Å². The molecule has 0 saturated carbocycles. The molecule has 0 N–H and O–H groups in total. The highest BCUT2D eigenvalue weighted by molar-refractivity contribution is 8.15. The number of benzene rings is 1. The predicted molar refractivity (Wildman–Crippen MR) is 119 cm³/mol. The molecule has 0 radical (unpaired) electrons. The molecule has 2 aromatic heterocycles. The topological polar surface area (TPSA) is 103 Å². The molecular formula is C21H20ClN3O5S. The summed E-state index contributed by atoms with van der Waals surface area (Å²) in [5.41, 5.74) is 2.49. The van der Waals surface area contributed by atoms with Crippen molar-refractivity contribution in [1.82, 2.24) is 15.0 Å². The van der Waals surface area contributed by atoms with Gasteiger partial charge in [0.2, 0.25) is 11.0 Å². The largest absolute Gasteiger partial charge is 0.473 e. The first-order chi connectivity index (χ1) is 14.9. The van der Waals surface area contributed by atoms with E-state index in [0.717, 1.165) is 16.0 Å². The minimum absolute atomic E-state index is 0.164. The van der Waals surface area contributed by atoms with Crippen molar-refractivity contribution in [3.8, 4) is 17.1 Å². The van der Waals surface area contributed by atoms with Crippen LogP contribution in [0.4, 0.5) is 0 Å². The zero-order chi connectivity index (χ0) is 22.0. The Morgan fingerprint density at radius 3 is 2.71 bits per heavy atom. The maximum atomic E-state index is 12.5. The lowest BCUT2D eigenvalue weighted by atomic mass is 10.1. The lowest BCUT2D eigenvalue weighted by molar-refractivity contribution is -0.138. The van der Waals surface area contributed by atoms with Crippen LogP contribution in [0.15, 0.2) is 47.1 Å². The van der Waals surface area contributed by atoms with E-state index in [1.165, 1.54) is 12.3 Å². The Bertz CT molecular complexity index is 1140. The van der Waals surface area contributed by atoms with Gasteiger partial charge in [-0.3, -0.25) is 19.3 Å². The molecule has 0 bridgehead atoms. The van der Waals surface area contributed by atoms with Crippen molar-refractivity contribution < 1.29 is 23.6 Å². The smallest absolute Gasteiger partial charge is 0.304 e. The lowest BCUT2D eigenvalue weighted by Gasteiger charge is -2.25. The Morgan fingerprint density at radius 1 is 1.23 bits per heavy atom. The van der Waals surface area contributed by atoms with Gasteiger partial charge in [-0.15, -0.1) is 0 Å². The number of halogens is 1. The van der Waals surface area contributed by atoms with E-state index in [1.807, 2.05) is 12.1 Å². The van der Waals surface area contributed by atoms with Crippen molar-refractivity contribution in [3.05, 3.63) is 64.5 Å². The molecule has 0 atom stereocenters. The van der Waals surface area contributed by atoms with Crippen LogP contribution >= 0.6 is 23.4 Å². The number of rotatable bonds is 5. The van der Waals surface area contributed by atoms with Crippen molar-refractivity contribution in [2.45, 2.75) is 13.5 Å². The van der Waals surface area contributed by atoms with Gasteiger partial charge in [-0.25, -0.2) is 16.7 Å². The number of hydrogen-bond acceptors (Lipinski definition) is 7. The van der Waals surface area contributed by atoms with Crippen LogP contribution in [-0.2, 0) is 16.2 Å². The number of pyridine rings is 1. The van der Waals surface area contributed by atoms with Gasteiger partial charge in [0.1, 0.15) is 18.1 Å². The second kappa shape index (κ2) is 8.91. The Kier molecular flexibility index (Phi) is 6.06. The normalized spacial score (nSPS) is 14.3. The number of nitrogens with zero attached hydrogens (tertiary/aromatic N) is 3. The summed E-state index contributed by atoms with van der Waals surface area (Å²) >= 11 is 4.89. The predicted octanol–water partition coefficient (Wildman–Crippen LogP) is 2.45. The van der Waals surface area contributed by atoms with Crippen LogP contribution in [0.5, 0.6) is 5.88 Å². The van der Waals surface area contributed by atoms with E-state index < -0.39 is 28.7 Å². The van der Waals surface area contributed by atoms with Gasteiger partial charge in [0.15, 0.2) is 0 Å². The third-order valence-electron chi connectivity index (χ3n) is 4.96. The summed E-state index contributed by atoms with van der Waals surface area (Å²) in [5, 5.41) is 4.32. The molecule has 31 heavy (non-hydrogen) atoms. The molecule has 10 heteroatoms. The third kappa shape index (κ3) is 4.47. The van der Waals surface area contributed by atoms with Crippen LogP contribution in [0.2, 0.25) is 5.02 Å². The molecule has 3 aromatic rings. The molecule has 1 aliphatic heterocycles. The minimum atomic E-state index is -1.06. The number of carbonyl (C=O) groups is 3. The number of aromatic nitrogens is 2. The first-order valence-corrected chi connectivity index (χ1v) is 11.7. The van der Waals surface area contributed by atoms with Gasteiger partial charge in [0.25, 0.3) is 5.91 Å². The quantitative estimate of drug-likeness (QED) is 0.424. The summed E-state index contributed by atoms with van der Waals surface area (Å²) in [7, 11) is 0. The number of aryl methyl sites for hydroxylation is 1.